The second-order valence-corrected chi connectivity index (χ2v) is 7.97. The maximum absolute atomic E-state index is 10.8. The van der Waals surface area contributed by atoms with Crippen LogP contribution in [0.25, 0.3) is 0 Å². The van der Waals surface area contributed by atoms with Gasteiger partial charge in [-0.3, -0.25) is 10.1 Å². The average Bonchev–Trinajstić information content (AvgIpc) is 3.08. The first-order chi connectivity index (χ1) is 13.5. The molecule has 1 aromatic heterocycles. The lowest BCUT2D eigenvalue weighted by Crippen LogP contribution is -2.29. The van der Waals surface area contributed by atoms with Crippen LogP contribution in [0.5, 0.6) is 0 Å². The second-order valence-electron chi connectivity index (χ2n) is 6.86. The molecule has 2 N–H and O–H groups in total. The molecule has 0 fully saturated rings. The lowest BCUT2D eigenvalue weighted by Gasteiger charge is -2.13. The number of hydrogen-bond acceptors (Lipinski definition) is 7. The van der Waals surface area contributed by atoms with Crippen molar-refractivity contribution in [3.05, 3.63) is 69.6 Å². The highest BCUT2D eigenvalue weighted by Gasteiger charge is 2.06. The Morgan fingerprint density at radius 2 is 2.07 bits per heavy atom. The van der Waals surface area contributed by atoms with Crippen LogP contribution in [0.2, 0.25) is 0 Å². The van der Waals surface area contributed by atoms with E-state index in [0.29, 0.717) is 18.9 Å². The summed E-state index contributed by atoms with van der Waals surface area (Å²) in [7, 11) is 4.02. The molecule has 2 rings (SSSR count). The molecule has 0 saturated heterocycles. The van der Waals surface area contributed by atoms with E-state index in [1.165, 1.54) is 5.57 Å². The molecule has 8 heteroatoms. The fourth-order valence-electron chi connectivity index (χ4n) is 2.80. The second kappa shape index (κ2) is 12.3. The Morgan fingerprint density at radius 1 is 1.29 bits per heavy atom. The Morgan fingerprint density at radius 3 is 2.79 bits per heavy atom. The van der Waals surface area contributed by atoms with E-state index in [2.05, 4.69) is 33.8 Å². The Bertz CT molecular complexity index is 710. The van der Waals surface area contributed by atoms with E-state index in [4.69, 9.17) is 4.42 Å². The van der Waals surface area contributed by atoms with Gasteiger partial charge in [0.1, 0.15) is 11.5 Å². The Balaban J connectivity index is 1.65. The average molecular weight is 407 g/mol. The molecule has 0 atom stereocenters. The van der Waals surface area contributed by atoms with Crippen LogP contribution in [0, 0.1) is 10.1 Å². The molecule has 0 aliphatic heterocycles. The summed E-state index contributed by atoms with van der Waals surface area (Å²) in [6.07, 6.45) is 10.4. The maximum atomic E-state index is 10.8. The van der Waals surface area contributed by atoms with Gasteiger partial charge < -0.3 is 20.0 Å². The molecule has 28 heavy (non-hydrogen) atoms. The topological polar surface area (TPSA) is 83.6 Å². The lowest BCUT2D eigenvalue weighted by molar-refractivity contribution is -0.404. The van der Waals surface area contributed by atoms with Gasteiger partial charge in [-0.2, -0.15) is 11.8 Å². The summed E-state index contributed by atoms with van der Waals surface area (Å²) < 4.78 is 5.78. The minimum atomic E-state index is -0.430. The van der Waals surface area contributed by atoms with E-state index in [0.717, 1.165) is 55.0 Å². The van der Waals surface area contributed by atoms with Crippen molar-refractivity contribution in [3.8, 4) is 0 Å². The van der Waals surface area contributed by atoms with Crippen molar-refractivity contribution < 1.29 is 9.34 Å². The molecule has 0 saturated carbocycles. The summed E-state index contributed by atoms with van der Waals surface area (Å²) in [5.74, 6) is 4.00. The van der Waals surface area contributed by atoms with Crippen molar-refractivity contribution in [3.63, 3.8) is 0 Å². The zero-order chi connectivity index (χ0) is 20.2. The first-order valence-corrected chi connectivity index (χ1v) is 10.6. The third-order valence-corrected chi connectivity index (χ3v) is 5.06. The SMILES string of the molecule is CN(C)Cc1ccc(CSCCNC(=C[N+](=O)[O-])NCCC2=CCC=CC2)o1. The van der Waals surface area contributed by atoms with Crippen LogP contribution >= 0.6 is 11.8 Å². The Hall–Kier alpha value is -2.19. The van der Waals surface area contributed by atoms with Crippen LogP contribution in [0.4, 0.5) is 0 Å². The van der Waals surface area contributed by atoms with Crippen LogP contribution in [-0.4, -0.2) is 42.8 Å². The number of nitrogens with one attached hydrogen (secondary N) is 2. The molecule has 1 aliphatic carbocycles. The lowest BCUT2D eigenvalue weighted by atomic mass is 10.0. The number of furan rings is 1. The van der Waals surface area contributed by atoms with E-state index < -0.39 is 4.92 Å². The zero-order valence-corrected chi connectivity index (χ0v) is 17.5. The summed E-state index contributed by atoms with van der Waals surface area (Å²) in [6.45, 7) is 2.12. The first-order valence-electron chi connectivity index (χ1n) is 9.49. The molecular formula is C20H30N4O3S. The number of nitrogens with zero attached hydrogens (tertiary/aromatic N) is 2. The highest BCUT2D eigenvalue weighted by atomic mass is 32.2. The molecule has 0 unspecified atom stereocenters. The van der Waals surface area contributed by atoms with E-state index in [1.807, 2.05) is 26.2 Å². The van der Waals surface area contributed by atoms with E-state index >= 15 is 0 Å². The summed E-state index contributed by atoms with van der Waals surface area (Å²) in [5, 5.41) is 17.1. The van der Waals surface area contributed by atoms with Crippen LogP contribution < -0.4 is 10.6 Å². The van der Waals surface area contributed by atoms with Gasteiger partial charge in [-0.25, -0.2) is 0 Å². The highest BCUT2D eigenvalue weighted by Crippen LogP contribution is 2.16. The molecule has 0 amide bonds. The summed E-state index contributed by atoms with van der Waals surface area (Å²) in [5.41, 5.74) is 1.37. The van der Waals surface area contributed by atoms with Gasteiger partial charge in [-0.05, 0) is 45.5 Å². The summed E-state index contributed by atoms with van der Waals surface area (Å²) in [4.78, 5) is 12.5. The number of allylic oxidation sites excluding steroid dienone is 3. The van der Waals surface area contributed by atoms with Gasteiger partial charge in [-0.1, -0.05) is 23.8 Å². The zero-order valence-electron chi connectivity index (χ0n) is 16.6. The van der Waals surface area contributed by atoms with Gasteiger partial charge in [0.2, 0.25) is 0 Å². The number of hydrogen-bond donors (Lipinski definition) is 2. The van der Waals surface area contributed by atoms with E-state index in [-0.39, 0.29) is 0 Å². The van der Waals surface area contributed by atoms with Gasteiger partial charge in [-0.15, -0.1) is 0 Å². The van der Waals surface area contributed by atoms with Crippen LogP contribution in [0.1, 0.15) is 30.8 Å². The van der Waals surface area contributed by atoms with E-state index in [1.54, 1.807) is 11.8 Å². The van der Waals surface area contributed by atoms with Crippen LogP contribution in [0.15, 0.2) is 52.4 Å². The van der Waals surface area contributed by atoms with Crippen molar-refractivity contribution in [2.75, 3.05) is 32.9 Å². The minimum Gasteiger partial charge on any atom is -0.464 e. The van der Waals surface area contributed by atoms with Gasteiger partial charge in [0.05, 0.1) is 17.2 Å². The molecule has 1 heterocycles. The normalized spacial score (nSPS) is 14.2. The summed E-state index contributed by atoms with van der Waals surface area (Å²) >= 11 is 1.73. The third kappa shape index (κ3) is 9.14. The number of nitro groups is 1. The Kier molecular flexibility index (Phi) is 9.71. The largest absolute Gasteiger partial charge is 0.464 e. The highest BCUT2D eigenvalue weighted by molar-refractivity contribution is 7.98. The molecule has 0 spiro atoms. The molecular weight excluding hydrogens is 376 g/mol. The molecule has 0 bridgehead atoms. The van der Waals surface area contributed by atoms with Crippen LogP contribution in [-0.2, 0) is 12.3 Å². The van der Waals surface area contributed by atoms with Crippen molar-refractivity contribution >= 4 is 11.8 Å². The number of thioether (sulfide) groups is 1. The molecule has 0 radical (unpaired) electrons. The van der Waals surface area contributed by atoms with Gasteiger partial charge >= 0.3 is 0 Å². The summed E-state index contributed by atoms with van der Waals surface area (Å²) in [6, 6.07) is 4.02. The van der Waals surface area contributed by atoms with Crippen molar-refractivity contribution in [2.45, 2.75) is 31.6 Å². The third-order valence-electron chi connectivity index (χ3n) is 4.08. The standard InChI is InChI=1S/C20H30N4O3S/c1-23(2)14-18-8-9-19(27-18)16-28-13-12-22-20(15-24(25)26)21-11-10-17-6-4-3-5-7-17/h3-4,7-9,15,21-22H,5-6,10-14,16H2,1-2H3. The minimum absolute atomic E-state index is 0.430. The Labute approximate surface area is 171 Å². The smallest absolute Gasteiger partial charge is 0.274 e. The van der Waals surface area contributed by atoms with Crippen molar-refractivity contribution in [2.24, 2.45) is 0 Å². The quantitative estimate of drug-likeness (QED) is 0.224. The molecule has 7 nitrogen and oxygen atoms in total. The van der Waals surface area contributed by atoms with Crippen molar-refractivity contribution in [1.82, 2.24) is 15.5 Å². The maximum Gasteiger partial charge on any atom is 0.274 e. The molecule has 1 aliphatic rings. The number of rotatable bonds is 13. The molecule has 1 aromatic rings. The fraction of sp³-hybridized carbons (Fsp3) is 0.500. The fourth-order valence-corrected chi connectivity index (χ4v) is 3.54. The van der Waals surface area contributed by atoms with Gasteiger partial charge in [0.25, 0.3) is 6.20 Å². The predicted octanol–water partition coefficient (Wildman–Crippen LogP) is 3.50. The van der Waals surface area contributed by atoms with E-state index in [9.17, 15) is 10.1 Å². The van der Waals surface area contributed by atoms with Gasteiger partial charge in [0.15, 0.2) is 5.82 Å². The molecule has 154 valence electrons. The van der Waals surface area contributed by atoms with Crippen molar-refractivity contribution in [1.29, 1.82) is 0 Å². The molecule has 0 aromatic carbocycles. The van der Waals surface area contributed by atoms with Crippen LogP contribution in [0.3, 0.4) is 0 Å². The first kappa shape index (κ1) is 22.1. The van der Waals surface area contributed by atoms with Gasteiger partial charge in [0, 0.05) is 18.8 Å². The predicted molar refractivity (Wildman–Crippen MR) is 114 cm³/mol. The monoisotopic (exact) mass is 406 g/mol.